The number of rotatable bonds is 5. The summed E-state index contributed by atoms with van der Waals surface area (Å²) in [5, 5.41) is 1.93. The largest absolute Gasteiger partial charge is 0.215 e. The molecule has 1 rings (SSSR count). The lowest BCUT2D eigenvalue weighted by Crippen LogP contribution is -2.29. The molecule has 0 saturated carbocycles. The van der Waals surface area contributed by atoms with Gasteiger partial charge in [0.15, 0.2) is 0 Å². The average molecular weight is 254 g/mol. The summed E-state index contributed by atoms with van der Waals surface area (Å²) in [4.78, 5) is 1.03. The second-order valence-corrected chi connectivity index (χ2v) is 6.45. The van der Waals surface area contributed by atoms with E-state index in [1.165, 1.54) is 4.31 Å². The monoisotopic (exact) mass is 253 g/mol. The molecule has 1 aromatic heterocycles. The number of sulfonamides is 1. The maximum absolute atomic E-state index is 11.5. The van der Waals surface area contributed by atoms with Crippen LogP contribution in [0.4, 0.5) is 0 Å². The van der Waals surface area contributed by atoms with E-state index in [1.54, 1.807) is 18.4 Å². The van der Waals surface area contributed by atoms with Crippen LogP contribution >= 0.6 is 22.9 Å². The normalized spacial score (nSPS) is 12.2. The fourth-order valence-corrected chi connectivity index (χ4v) is 3.24. The Bertz CT molecular complexity index is 361. The van der Waals surface area contributed by atoms with Gasteiger partial charge in [-0.05, 0) is 11.4 Å². The van der Waals surface area contributed by atoms with Gasteiger partial charge in [0.05, 0.1) is 5.75 Å². The maximum Gasteiger partial charge on any atom is 0.215 e. The minimum atomic E-state index is -3.18. The Hall–Kier alpha value is -0.100. The molecule has 0 unspecified atom stereocenters. The molecule has 0 aliphatic rings. The zero-order valence-electron chi connectivity index (χ0n) is 7.81. The molecule has 3 nitrogen and oxygen atoms in total. The molecule has 0 saturated heterocycles. The van der Waals surface area contributed by atoms with E-state index in [-0.39, 0.29) is 11.6 Å². The minimum absolute atomic E-state index is 0.00354. The van der Waals surface area contributed by atoms with Crippen LogP contribution in [0.1, 0.15) is 4.88 Å². The fraction of sp³-hybridized carbons (Fsp3) is 0.500. The lowest BCUT2D eigenvalue weighted by atomic mass is 10.5. The van der Waals surface area contributed by atoms with Crippen LogP contribution in [0.5, 0.6) is 0 Å². The van der Waals surface area contributed by atoms with Crippen molar-refractivity contribution >= 4 is 33.0 Å². The zero-order valence-corrected chi connectivity index (χ0v) is 10.2. The lowest BCUT2D eigenvalue weighted by Gasteiger charge is -2.14. The first-order chi connectivity index (χ1) is 6.56. The third-order valence-corrected chi connectivity index (χ3v) is 4.84. The average Bonchev–Trinajstić information content (AvgIpc) is 2.56. The number of hydrogen-bond acceptors (Lipinski definition) is 3. The van der Waals surface area contributed by atoms with E-state index in [0.29, 0.717) is 6.54 Å². The summed E-state index contributed by atoms with van der Waals surface area (Å²) in [7, 11) is -1.61. The van der Waals surface area contributed by atoms with Crippen LogP contribution in [-0.4, -0.2) is 31.4 Å². The number of halogens is 1. The van der Waals surface area contributed by atoms with Crippen molar-refractivity contribution < 1.29 is 8.42 Å². The van der Waals surface area contributed by atoms with Crippen molar-refractivity contribution in [2.75, 3.05) is 18.7 Å². The van der Waals surface area contributed by atoms with E-state index in [4.69, 9.17) is 11.6 Å². The summed E-state index contributed by atoms with van der Waals surface area (Å²) in [5.74, 6) is 0.132. The summed E-state index contributed by atoms with van der Waals surface area (Å²) in [6, 6.07) is 3.82. The number of alkyl halides is 1. The second-order valence-electron chi connectivity index (χ2n) is 2.84. The smallest absolute Gasteiger partial charge is 0.212 e. The van der Waals surface area contributed by atoms with Crippen LogP contribution < -0.4 is 0 Å². The summed E-state index contributed by atoms with van der Waals surface area (Å²) in [6.07, 6.45) is 0. The Balaban J connectivity index is 2.62. The van der Waals surface area contributed by atoms with Gasteiger partial charge in [-0.15, -0.1) is 22.9 Å². The summed E-state index contributed by atoms with van der Waals surface area (Å²) in [5.41, 5.74) is 0. The van der Waals surface area contributed by atoms with Gasteiger partial charge in [-0.2, -0.15) is 4.31 Å². The standard InChI is InChI=1S/C8H12ClNO2S2/c1-10(14(11,12)6-4-9)7-8-3-2-5-13-8/h2-3,5H,4,6-7H2,1H3. The van der Waals surface area contributed by atoms with E-state index >= 15 is 0 Å². The van der Waals surface area contributed by atoms with E-state index < -0.39 is 10.0 Å². The van der Waals surface area contributed by atoms with Gasteiger partial charge < -0.3 is 0 Å². The van der Waals surface area contributed by atoms with Gasteiger partial charge in [0.25, 0.3) is 0 Å². The number of hydrogen-bond donors (Lipinski definition) is 0. The summed E-state index contributed by atoms with van der Waals surface area (Å²) in [6.45, 7) is 0.427. The topological polar surface area (TPSA) is 37.4 Å². The van der Waals surface area contributed by atoms with Gasteiger partial charge in [0, 0.05) is 24.3 Å². The first-order valence-corrected chi connectivity index (χ1v) is 7.11. The van der Waals surface area contributed by atoms with Gasteiger partial charge in [-0.25, -0.2) is 8.42 Å². The van der Waals surface area contributed by atoms with Crippen molar-refractivity contribution in [2.45, 2.75) is 6.54 Å². The predicted octanol–water partition coefficient (Wildman–Crippen LogP) is 1.75. The van der Waals surface area contributed by atoms with Crippen LogP contribution in [0.2, 0.25) is 0 Å². The van der Waals surface area contributed by atoms with Gasteiger partial charge in [-0.3, -0.25) is 0 Å². The molecule has 0 atom stereocenters. The van der Waals surface area contributed by atoms with Crippen molar-refractivity contribution in [1.29, 1.82) is 0 Å². The van der Waals surface area contributed by atoms with Gasteiger partial charge in [0.1, 0.15) is 0 Å². The van der Waals surface area contributed by atoms with Crippen LogP contribution in [0.15, 0.2) is 17.5 Å². The van der Waals surface area contributed by atoms with Gasteiger partial charge in [-0.1, -0.05) is 6.07 Å². The molecule has 0 aliphatic heterocycles. The fourth-order valence-electron chi connectivity index (χ4n) is 0.974. The van der Waals surface area contributed by atoms with Gasteiger partial charge in [0.2, 0.25) is 10.0 Å². The Morgan fingerprint density at radius 3 is 2.79 bits per heavy atom. The molecule has 0 radical (unpaired) electrons. The van der Waals surface area contributed by atoms with E-state index in [2.05, 4.69) is 0 Å². The molecule has 0 spiro atoms. The quantitative estimate of drug-likeness (QED) is 0.750. The van der Waals surface area contributed by atoms with Crippen LogP contribution in [0.3, 0.4) is 0 Å². The molecule has 0 fully saturated rings. The lowest BCUT2D eigenvalue weighted by molar-refractivity contribution is 0.471. The second kappa shape index (κ2) is 5.11. The van der Waals surface area contributed by atoms with Crippen molar-refractivity contribution in [2.24, 2.45) is 0 Å². The molecular formula is C8H12ClNO2S2. The van der Waals surface area contributed by atoms with E-state index in [1.807, 2.05) is 17.5 Å². The Morgan fingerprint density at radius 2 is 2.29 bits per heavy atom. The molecular weight excluding hydrogens is 242 g/mol. The van der Waals surface area contributed by atoms with Crippen molar-refractivity contribution in [3.8, 4) is 0 Å². The van der Waals surface area contributed by atoms with Gasteiger partial charge >= 0.3 is 0 Å². The molecule has 80 valence electrons. The highest BCUT2D eigenvalue weighted by molar-refractivity contribution is 7.89. The number of nitrogens with zero attached hydrogens (tertiary/aromatic N) is 1. The molecule has 0 bridgehead atoms. The van der Waals surface area contributed by atoms with Crippen LogP contribution in [0, 0.1) is 0 Å². The molecule has 14 heavy (non-hydrogen) atoms. The first-order valence-electron chi connectivity index (χ1n) is 4.08. The van der Waals surface area contributed by atoms with Crippen LogP contribution in [-0.2, 0) is 16.6 Å². The van der Waals surface area contributed by atoms with Crippen LogP contribution in [0.25, 0.3) is 0 Å². The molecule has 1 heterocycles. The van der Waals surface area contributed by atoms with E-state index in [0.717, 1.165) is 4.88 Å². The zero-order chi connectivity index (χ0) is 10.6. The Morgan fingerprint density at radius 1 is 1.57 bits per heavy atom. The number of thiophene rings is 1. The van der Waals surface area contributed by atoms with Crippen molar-refractivity contribution in [3.05, 3.63) is 22.4 Å². The highest BCUT2D eigenvalue weighted by Gasteiger charge is 2.17. The summed E-state index contributed by atoms with van der Waals surface area (Å²) >= 11 is 6.96. The maximum atomic E-state index is 11.5. The highest BCUT2D eigenvalue weighted by Crippen LogP contribution is 2.13. The predicted molar refractivity (Wildman–Crippen MR) is 60.3 cm³/mol. The summed E-state index contributed by atoms with van der Waals surface area (Å²) < 4.78 is 24.3. The highest BCUT2D eigenvalue weighted by atomic mass is 35.5. The molecule has 0 aliphatic carbocycles. The molecule has 6 heteroatoms. The third kappa shape index (κ3) is 3.24. The van der Waals surface area contributed by atoms with E-state index in [9.17, 15) is 8.42 Å². The first kappa shape index (κ1) is 12.0. The molecule has 0 N–H and O–H groups in total. The molecule has 0 amide bonds. The van der Waals surface area contributed by atoms with Crippen molar-refractivity contribution in [1.82, 2.24) is 4.31 Å². The third-order valence-electron chi connectivity index (χ3n) is 1.77. The SMILES string of the molecule is CN(Cc1cccs1)S(=O)(=O)CCCl. The minimum Gasteiger partial charge on any atom is -0.212 e. The molecule has 1 aromatic rings. The molecule has 0 aromatic carbocycles. The van der Waals surface area contributed by atoms with Crippen molar-refractivity contribution in [3.63, 3.8) is 0 Å². The Labute approximate surface area is 93.4 Å². The Kier molecular flexibility index (Phi) is 4.37.